The summed E-state index contributed by atoms with van der Waals surface area (Å²) in [6, 6.07) is 14.0. The molecule has 0 aliphatic heterocycles. The van der Waals surface area contributed by atoms with Crippen molar-refractivity contribution in [2.45, 2.75) is 20.4 Å². The van der Waals surface area contributed by atoms with Gasteiger partial charge in [0.2, 0.25) is 0 Å². The van der Waals surface area contributed by atoms with E-state index in [1.807, 2.05) is 29.8 Å². The number of nitrogens with two attached hydrogens (primary N) is 1. The Kier molecular flexibility index (Phi) is 3.96. The molecular weight excluding hydrogens is 296 g/mol. The summed E-state index contributed by atoms with van der Waals surface area (Å²) in [4.78, 5) is 0. The van der Waals surface area contributed by atoms with Crippen LogP contribution < -0.4 is 5.73 Å². The molecule has 112 valence electrons. The van der Waals surface area contributed by atoms with Crippen LogP contribution in [0, 0.1) is 13.8 Å². The predicted octanol–water partition coefficient (Wildman–Crippen LogP) is 3.66. The lowest BCUT2D eigenvalue weighted by Gasteiger charge is -2.11. The smallest absolute Gasteiger partial charge is 0.105 e. The third-order valence-electron chi connectivity index (χ3n) is 3.65. The second-order valence-electron chi connectivity index (χ2n) is 5.30. The summed E-state index contributed by atoms with van der Waals surface area (Å²) in [7, 11) is 0. The van der Waals surface area contributed by atoms with Crippen molar-refractivity contribution in [1.82, 2.24) is 15.0 Å². The maximum atomic E-state index is 6.05. The number of hydrogen-bond acceptors (Lipinski definition) is 3. The summed E-state index contributed by atoms with van der Waals surface area (Å²) < 4.78 is 1.83. The van der Waals surface area contributed by atoms with E-state index in [9.17, 15) is 0 Å². The van der Waals surface area contributed by atoms with Crippen molar-refractivity contribution in [3.05, 3.63) is 64.3 Å². The number of nitrogens with zero attached hydrogens (tertiary/aromatic N) is 3. The highest BCUT2D eigenvalue weighted by molar-refractivity contribution is 6.30. The lowest BCUT2D eigenvalue weighted by molar-refractivity contribution is 0.796. The van der Waals surface area contributed by atoms with E-state index in [1.165, 1.54) is 5.56 Å². The van der Waals surface area contributed by atoms with Crippen molar-refractivity contribution >= 4 is 11.6 Å². The van der Waals surface area contributed by atoms with E-state index in [0.29, 0.717) is 11.6 Å². The molecule has 4 nitrogen and oxygen atoms in total. The minimum atomic E-state index is 0.343. The van der Waals surface area contributed by atoms with Crippen molar-refractivity contribution in [1.29, 1.82) is 0 Å². The van der Waals surface area contributed by atoms with Crippen LogP contribution in [-0.2, 0) is 6.54 Å². The maximum absolute atomic E-state index is 6.05. The molecule has 3 rings (SSSR count). The van der Waals surface area contributed by atoms with Crippen molar-refractivity contribution in [3.63, 3.8) is 0 Å². The lowest BCUT2D eigenvalue weighted by atomic mass is 10.1. The van der Waals surface area contributed by atoms with Crippen LogP contribution in [0.25, 0.3) is 16.9 Å². The first-order chi connectivity index (χ1) is 10.6. The minimum absolute atomic E-state index is 0.343. The van der Waals surface area contributed by atoms with Gasteiger partial charge in [-0.05, 0) is 37.6 Å². The van der Waals surface area contributed by atoms with E-state index in [1.54, 1.807) is 0 Å². The molecule has 3 aromatic rings. The van der Waals surface area contributed by atoms with Crippen LogP contribution in [-0.4, -0.2) is 15.0 Å². The Hall–Kier alpha value is -2.17. The van der Waals surface area contributed by atoms with Crippen LogP contribution in [0.4, 0.5) is 0 Å². The van der Waals surface area contributed by atoms with Gasteiger partial charge < -0.3 is 5.73 Å². The first-order valence-corrected chi connectivity index (χ1v) is 7.46. The van der Waals surface area contributed by atoms with Gasteiger partial charge in [-0.2, -0.15) is 0 Å². The number of hydrogen-bond donors (Lipinski definition) is 1. The van der Waals surface area contributed by atoms with Gasteiger partial charge >= 0.3 is 0 Å². The Labute approximate surface area is 134 Å². The molecule has 1 aromatic heterocycles. The van der Waals surface area contributed by atoms with Gasteiger partial charge in [0, 0.05) is 17.1 Å². The average Bonchev–Trinajstić information content (AvgIpc) is 2.92. The van der Waals surface area contributed by atoms with E-state index in [-0.39, 0.29) is 0 Å². The fraction of sp³-hybridized carbons (Fsp3) is 0.176. The highest BCUT2D eigenvalue weighted by atomic mass is 35.5. The van der Waals surface area contributed by atoms with Crippen LogP contribution in [0.2, 0.25) is 5.02 Å². The summed E-state index contributed by atoms with van der Waals surface area (Å²) in [5, 5.41) is 9.22. The largest absolute Gasteiger partial charge is 0.325 e. The molecule has 0 unspecified atom stereocenters. The molecule has 0 amide bonds. The number of halogens is 1. The number of rotatable bonds is 3. The number of aryl methyl sites for hydroxylation is 2. The molecule has 0 fully saturated rings. The van der Waals surface area contributed by atoms with Crippen LogP contribution in [0.1, 0.15) is 16.8 Å². The zero-order valence-electron chi connectivity index (χ0n) is 12.5. The molecular formula is C17H17ClN4. The van der Waals surface area contributed by atoms with E-state index in [4.69, 9.17) is 17.3 Å². The van der Waals surface area contributed by atoms with Gasteiger partial charge in [-0.1, -0.05) is 46.6 Å². The molecule has 0 spiro atoms. The van der Waals surface area contributed by atoms with Crippen molar-refractivity contribution < 1.29 is 0 Å². The second-order valence-corrected chi connectivity index (χ2v) is 5.73. The minimum Gasteiger partial charge on any atom is -0.325 e. The molecule has 0 saturated carbocycles. The van der Waals surface area contributed by atoms with Crippen LogP contribution >= 0.6 is 11.6 Å². The Morgan fingerprint density at radius 2 is 1.82 bits per heavy atom. The van der Waals surface area contributed by atoms with Gasteiger partial charge in [-0.25, -0.2) is 4.68 Å². The van der Waals surface area contributed by atoms with E-state index >= 15 is 0 Å². The monoisotopic (exact) mass is 312 g/mol. The van der Waals surface area contributed by atoms with Gasteiger partial charge in [0.25, 0.3) is 0 Å². The zero-order valence-corrected chi connectivity index (χ0v) is 13.3. The van der Waals surface area contributed by atoms with Gasteiger partial charge in [0.05, 0.1) is 11.4 Å². The van der Waals surface area contributed by atoms with Gasteiger partial charge in [0.1, 0.15) is 5.69 Å². The summed E-state index contributed by atoms with van der Waals surface area (Å²) in [6.45, 7) is 4.41. The van der Waals surface area contributed by atoms with Gasteiger partial charge in [0.15, 0.2) is 0 Å². The summed E-state index contributed by atoms with van der Waals surface area (Å²) >= 11 is 6.05. The fourth-order valence-electron chi connectivity index (χ4n) is 2.48. The van der Waals surface area contributed by atoms with Gasteiger partial charge in [-0.15, -0.1) is 5.10 Å². The molecule has 22 heavy (non-hydrogen) atoms. The first kappa shape index (κ1) is 14.8. The van der Waals surface area contributed by atoms with E-state index in [0.717, 1.165) is 28.2 Å². The SMILES string of the molecule is Cc1ccc(-c2c(CN)nnn2-c2ccc(Cl)cc2C)cc1. The highest BCUT2D eigenvalue weighted by Gasteiger charge is 2.16. The molecule has 0 atom stereocenters. The molecule has 5 heteroatoms. The summed E-state index contributed by atoms with van der Waals surface area (Å²) in [5.74, 6) is 0. The van der Waals surface area contributed by atoms with Crippen LogP contribution in [0.3, 0.4) is 0 Å². The van der Waals surface area contributed by atoms with Crippen LogP contribution in [0.5, 0.6) is 0 Å². The quantitative estimate of drug-likeness (QED) is 0.803. The lowest BCUT2D eigenvalue weighted by Crippen LogP contribution is -2.04. The maximum Gasteiger partial charge on any atom is 0.105 e. The van der Waals surface area contributed by atoms with E-state index < -0.39 is 0 Å². The molecule has 0 aliphatic rings. The molecule has 0 bridgehead atoms. The van der Waals surface area contributed by atoms with Crippen molar-refractivity contribution in [3.8, 4) is 16.9 Å². The second kappa shape index (κ2) is 5.91. The molecule has 0 radical (unpaired) electrons. The summed E-state index contributed by atoms with van der Waals surface area (Å²) in [6.07, 6.45) is 0. The Morgan fingerprint density at radius 3 is 2.45 bits per heavy atom. The zero-order chi connectivity index (χ0) is 15.7. The van der Waals surface area contributed by atoms with E-state index in [2.05, 4.69) is 41.5 Å². The molecule has 2 aromatic carbocycles. The Morgan fingerprint density at radius 1 is 1.09 bits per heavy atom. The Bertz CT molecular complexity index is 806. The number of aromatic nitrogens is 3. The molecule has 0 aliphatic carbocycles. The van der Waals surface area contributed by atoms with Gasteiger partial charge in [-0.3, -0.25) is 0 Å². The normalized spacial score (nSPS) is 10.9. The topological polar surface area (TPSA) is 56.7 Å². The third-order valence-corrected chi connectivity index (χ3v) is 3.88. The fourth-order valence-corrected chi connectivity index (χ4v) is 2.70. The third kappa shape index (κ3) is 2.63. The first-order valence-electron chi connectivity index (χ1n) is 7.08. The molecule has 0 saturated heterocycles. The summed E-state index contributed by atoms with van der Waals surface area (Å²) in [5.41, 5.74) is 11.8. The molecule has 2 N–H and O–H groups in total. The van der Waals surface area contributed by atoms with Crippen molar-refractivity contribution in [2.24, 2.45) is 5.73 Å². The van der Waals surface area contributed by atoms with Crippen molar-refractivity contribution in [2.75, 3.05) is 0 Å². The van der Waals surface area contributed by atoms with Crippen LogP contribution in [0.15, 0.2) is 42.5 Å². The molecule has 1 heterocycles. The number of benzene rings is 2. The Balaban J connectivity index is 2.21. The standard InChI is InChI=1S/C17H17ClN4/c1-11-3-5-13(6-4-11)17-15(10-19)20-21-22(17)16-8-7-14(18)9-12(16)2/h3-9H,10,19H2,1-2H3. The average molecular weight is 313 g/mol. The predicted molar refractivity (Wildman–Crippen MR) is 89.2 cm³/mol. The highest BCUT2D eigenvalue weighted by Crippen LogP contribution is 2.27.